The minimum Gasteiger partial charge on any atom is -0.491 e. The number of hydrogen-bond donors (Lipinski definition) is 1. The van der Waals surface area contributed by atoms with Crippen molar-refractivity contribution < 1.29 is 9.47 Å². The van der Waals surface area contributed by atoms with Gasteiger partial charge in [0.2, 0.25) is 0 Å². The lowest BCUT2D eigenvalue weighted by Crippen LogP contribution is -2.22. The van der Waals surface area contributed by atoms with Gasteiger partial charge in [-0.3, -0.25) is 0 Å². The van der Waals surface area contributed by atoms with E-state index in [-0.39, 0.29) is 6.04 Å². The molecule has 0 saturated heterocycles. The van der Waals surface area contributed by atoms with Gasteiger partial charge in [0.1, 0.15) is 5.75 Å². The van der Waals surface area contributed by atoms with Crippen LogP contribution in [-0.2, 0) is 4.74 Å². The molecule has 0 aliphatic carbocycles. The van der Waals surface area contributed by atoms with Gasteiger partial charge in [0.25, 0.3) is 0 Å². The first-order chi connectivity index (χ1) is 8.27. The van der Waals surface area contributed by atoms with Gasteiger partial charge in [0.05, 0.1) is 18.9 Å². The van der Waals surface area contributed by atoms with Gasteiger partial charge in [-0.15, -0.1) is 0 Å². The first-order valence-electron chi connectivity index (χ1n) is 6.34. The van der Waals surface area contributed by atoms with Crippen LogP contribution in [-0.4, -0.2) is 25.9 Å². The molecular weight excluding hydrogens is 214 g/mol. The molecule has 0 aliphatic rings. The summed E-state index contributed by atoms with van der Waals surface area (Å²) in [4.78, 5) is 0. The van der Waals surface area contributed by atoms with E-state index in [1.165, 1.54) is 0 Å². The predicted octanol–water partition coefficient (Wildman–Crippen LogP) is 3.31. The molecule has 1 aromatic carbocycles. The van der Waals surface area contributed by atoms with Crippen LogP contribution in [0.5, 0.6) is 5.75 Å². The SMILES string of the molecule is CCCOc1ccccc1NC(C)COCC. The zero-order chi connectivity index (χ0) is 12.5. The normalized spacial score (nSPS) is 12.2. The zero-order valence-electron chi connectivity index (χ0n) is 11.0. The molecule has 96 valence electrons. The van der Waals surface area contributed by atoms with Crippen molar-refractivity contribution in [2.24, 2.45) is 0 Å². The highest BCUT2D eigenvalue weighted by Gasteiger charge is 2.06. The predicted molar refractivity (Wildman–Crippen MR) is 71.8 cm³/mol. The average molecular weight is 237 g/mol. The molecule has 1 N–H and O–H groups in total. The molecule has 0 amide bonds. The molecule has 1 aromatic rings. The fourth-order valence-electron chi connectivity index (χ4n) is 1.53. The third-order valence-electron chi connectivity index (χ3n) is 2.32. The summed E-state index contributed by atoms with van der Waals surface area (Å²) in [6, 6.07) is 8.30. The first kappa shape index (κ1) is 13.8. The molecule has 3 nitrogen and oxygen atoms in total. The van der Waals surface area contributed by atoms with Crippen molar-refractivity contribution in [1.29, 1.82) is 0 Å². The Morgan fingerprint density at radius 2 is 2.00 bits per heavy atom. The molecule has 0 heterocycles. The molecule has 1 unspecified atom stereocenters. The van der Waals surface area contributed by atoms with E-state index >= 15 is 0 Å². The van der Waals surface area contributed by atoms with Crippen LogP contribution in [0.25, 0.3) is 0 Å². The first-order valence-corrected chi connectivity index (χ1v) is 6.34. The second-order valence-corrected chi connectivity index (χ2v) is 4.05. The highest BCUT2D eigenvalue weighted by Crippen LogP contribution is 2.24. The fraction of sp³-hybridized carbons (Fsp3) is 0.571. The lowest BCUT2D eigenvalue weighted by Gasteiger charge is -2.18. The Hall–Kier alpha value is -1.22. The zero-order valence-corrected chi connectivity index (χ0v) is 11.0. The fourth-order valence-corrected chi connectivity index (χ4v) is 1.53. The van der Waals surface area contributed by atoms with Gasteiger partial charge in [-0.1, -0.05) is 19.1 Å². The summed E-state index contributed by atoms with van der Waals surface area (Å²) in [5.74, 6) is 0.915. The monoisotopic (exact) mass is 237 g/mol. The minimum atomic E-state index is 0.279. The van der Waals surface area contributed by atoms with Gasteiger partial charge in [-0.2, -0.15) is 0 Å². The summed E-state index contributed by atoms with van der Waals surface area (Å²) in [5.41, 5.74) is 1.04. The number of benzene rings is 1. The molecule has 1 atom stereocenters. The Bertz CT molecular complexity index is 315. The van der Waals surface area contributed by atoms with Crippen LogP contribution < -0.4 is 10.1 Å². The third kappa shape index (κ3) is 5.09. The number of para-hydroxylation sites is 2. The van der Waals surface area contributed by atoms with E-state index in [1.807, 2.05) is 31.2 Å². The quantitative estimate of drug-likeness (QED) is 0.752. The van der Waals surface area contributed by atoms with Crippen molar-refractivity contribution in [1.82, 2.24) is 0 Å². The maximum atomic E-state index is 5.69. The van der Waals surface area contributed by atoms with Gasteiger partial charge >= 0.3 is 0 Å². The van der Waals surface area contributed by atoms with Gasteiger partial charge in [-0.05, 0) is 32.4 Å². The number of ether oxygens (including phenoxy) is 2. The van der Waals surface area contributed by atoms with Crippen LogP contribution in [0.2, 0.25) is 0 Å². The van der Waals surface area contributed by atoms with E-state index in [0.29, 0.717) is 6.61 Å². The Morgan fingerprint density at radius 3 is 2.71 bits per heavy atom. The molecule has 0 spiro atoms. The third-order valence-corrected chi connectivity index (χ3v) is 2.32. The average Bonchev–Trinajstić information content (AvgIpc) is 2.35. The van der Waals surface area contributed by atoms with Crippen molar-refractivity contribution >= 4 is 5.69 Å². The second-order valence-electron chi connectivity index (χ2n) is 4.05. The summed E-state index contributed by atoms with van der Waals surface area (Å²) in [5, 5.41) is 3.40. The van der Waals surface area contributed by atoms with Gasteiger partial charge in [0.15, 0.2) is 0 Å². The van der Waals surface area contributed by atoms with E-state index in [4.69, 9.17) is 9.47 Å². The molecule has 3 heteroatoms. The van der Waals surface area contributed by atoms with Crippen LogP contribution in [0.15, 0.2) is 24.3 Å². The minimum absolute atomic E-state index is 0.279. The van der Waals surface area contributed by atoms with Crippen molar-refractivity contribution in [2.75, 3.05) is 25.1 Å². The molecule has 0 radical (unpaired) electrons. The number of rotatable bonds is 8. The molecule has 0 aliphatic heterocycles. The van der Waals surface area contributed by atoms with Crippen molar-refractivity contribution in [3.63, 3.8) is 0 Å². The highest BCUT2D eigenvalue weighted by atomic mass is 16.5. The lowest BCUT2D eigenvalue weighted by atomic mass is 10.2. The highest BCUT2D eigenvalue weighted by molar-refractivity contribution is 5.56. The smallest absolute Gasteiger partial charge is 0.142 e. The van der Waals surface area contributed by atoms with Crippen molar-refractivity contribution in [3.05, 3.63) is 24.3 Å². The standard InChI is InChI=1S/C14H23NO2/c1-4-10-17-14-9-7-6-8-13(14)15-12(3)11-16-5-2/h6-9,12,15H,4-5,10-11H2,1-3H3. The van der Waals surface area contributed by atoms with E-state index in [9.17, 15) is 0 Å². The van der Waals surface area contributed by atoms with E-state index in [0.717, 1.165) is 31.1 Å². The number of anilines is 1. The summed E-state index contributed by atoms with van der Waals surface area (Å²) < 4.78 is 11.1. The maximum absolute atomic E-state index is 5.69. The Balaban J connectivity index is 2.56. The molecule has 0 bridgehead atoms. The maximum Gasteiger partial charge on any atom is 0.142 e. The van der Waals surface area contributed by atoms with Crippen molar-refractivity contribution in [2.45, 2.75) is 33.2 Å². The largest absolute Gasteiger partial charge is 0.491 e. The van der Waals surface area contributed by atoms with Crippen LogP contribution >= 0.6 is 0 Å². The molecule has 0 fully saturated rings. The summed E-state index contributed by atoms with van der Waals surface area (Å²) in [6.07, 6.45) is 1.02. The molecular formula is C14H23NO2. The van der Waals surface area contributed by atoms with Gasteiger partial charge < -0.3 is 14.8 Å². The summed E-state index contributed by atoms with van der Waals surface area (Å²) in [6.45, 7) is 8.42. The topological polar surface area (TPSA) is 30.5 Å². The van der Waals surface area contributed by atoms with Gasteiger partial charge in [-0.25, -0.2) is 0 Å². The Kier molecular flexibility index (Phi) is 6.48. The van der Waals surface area contributed by atoms with Crippen molar-refractivity contribution in [3.8, 4) is 5.75 Å². The van der Waals surface area contributed by atoms with Crippen LogP contribution in [0.4, 0.5) is 5.69 Å². The van der Waals surface area contributed by atoms with E-state index < -0.39 is 0 Å². The summed E-state index contributed by atoms with van der Waals surface area (Å²) in [7, 11) is 0. The summed E-state index contributed by atoms with van der Waals surface area (Å²) >= 11 is 0. The Morgan fingerprint density at radius 1 is 1.24 bits per heavy atom. The molecule has 17 heavy (non-hydrogen) atoms. The van der Waals surface area contributed by atoms with Crippen LogP contribution in [0, 0.1) is 0 Å². The van der Waals surface area contributed by atoms with Crippen LogP contribution in [0.1, 0.15) is 27.2 Å². The number of hydrogen-bond acceptors (Lipinski definition) is 3. The molecule has 1 rings (SSSR count). The second kappa shape index (κ2) is 7.96. The molecule has 0 aromatic heterocycles. The Labute approximate surface area is 104 Å². The lowest BCUT2D eigenvalue weighted by molar-refractivity contribution is 0.141. The molecule has 0 saturated carbocycles. The van der Waals surface area contributed by atoms with Crippen LogP contribution in [0.3, 0.4) is 0 Å². The number of nitrogens with one attached hydrogen (secondary N) is 1. The van der Waals surface area contributed by atoms with E-state index in [2.05, 4.69) is 19.2 Å². The van der Waals surface area contributed by atoms with Gasteiger partial charge in [0, 0.05) is 12.6 Å². The van der Waals surface area contributed by atoms with E-state index in [1.54, 1.807) is 0 Å².